The van der Waals surface area contributed by atoms with Crippen LogP contribution in [0.4, 0.5) is 0 Å². The first-order valence-electron chi connectivity index (χ1n) is 3.88. The molecule has 0 fully saturated rings. The van der Waals surface area contributed by atoms with Crippen molar-refractivity contribution in [3.05, 3.63) is 17.5 Å². The minimum absolute atomic E-state index is 0.614. The van der Waals surface area contributed by atoms with Crippen LogP contribution in [0.25, 0.3) is 0 Å². The van der Waals surface area contributed by atoms with Crippen molar-refractivity contribution in [2.75, 3.05) is 6.61 Å². The lowest BCUT2D eigenvalue weighted by molar-refractivity contribution is 0.133. The Labute approximate surface area is 66.3 Å². The average molecular weight is 155 g/mol. The smallest absolute Gasteiger partial charge is 0.129 e. The SMILES string of the molecule is CCOCc1conc1CC. The van der Waals surface area contributed by atoms with Crippen LogP contribution in [0.5, 0.6) is 0 Å². The molecule has 0 aliphatic heterocycles. The van der Waals surface area contributed by atoms with Gasteiger partial charge >= 0.3 is 0 Å². The number of nitrogens with zero attached hydrogens (tertiary/aromatic N) is 1. The highest BCUT2D eigenvalue weighted by Crippen LogP contribution is 2.08. The molecule has 0 aromatic carbocycles. The van der Waals surface area contributed by atoms with Gasteiger partial charge in [-0.1, -0.05) is 12.1 Å². The summed E-state index contributed by atoms with van der Waals surface area (Å²) in [5.74, 6) is 0. The summed E-state index contributed by atoms with van der Waals surface area (Å²) in [4.78, 5) is 0. The summed E-state index contributed by atoms with van der Waals surface area (Å²) in [5, 5.41) is 3.83. The van der Waals surface area contributed by atoms with E-state index in [0.29, 0.717) is 6.61 Å². The summed E-state index contributed by atoms with van der Waals surface area (Å²) >= 11 is 0. The standard InChI is InChI=1S/C8H13NO2/c1-3-8-7(5-10-4-2)6-11-9-8/h6H,3-5H2,1-2H3. The molecule has 0 atom stereocenters. The van der Waals surface area contributed by atoms with Gasteiger partial charge in [-0.25, -0.2) is 0 Å². The van der Waals surface area contributed by atoms with E-state index in [1.807, 2.05) is 13.8 Å². The van der Waals surface area contributed by atoms with Gasteiger partial charge in [0.25, 0.3) is 0 Å². The highest BCUT2D eigenvalue weighted by atomic mass is 16.5. The largest absolute Gasteiger partial charge is 0.377 e. The number of hydrogen-bond acceptors (Lipinski definition) is 3. The molecular weight excluding hydrogens is 142 g/mol. The van der Waals surface area contributed by atoms with Crippen molar-refractivity contribution in [1.29, 1.82) is 0 Å². The Morgan fingerprint density at radius 2 is 2.36 bits per heavy atom. The molecule has 62 valence electrons. The second-order valence-corrected chi connectivity index (χ2v) is 2.28. The van der Waals surface area contributed by atoms with Crippen molar-refractivity contribution in [2.45, 2.75) is 26.9 Å². The van der Waals surface area contributed by atoms with Gasteiger partial charge in [0, 0.05) is 12.2 Å². The van der Waals surface area contributed by atoms with Crippen molar-refractivity contribution >= 4 is 0 Å². The van der Waals surface area contributed by atoms with Gasteiger partial charge in [-0.05, 0) is 13.3 Å². The molecule has 3 heteroatoms. The monoisotopic (exact) mass is 155 g/mol. The van der Waals surface area contributed by atoms with Crippen molar-refractivity contribution in [3.63, 3.8) is 0 Å². The Balaban J connectivity index is 2.54. The zero-order valence-electron chi connectivity index (χ0n) is 6.96. The van der Waals surface area contributed by atoms with Crippen LogP contribution < -0.4 is 0 Å². The molecule has 0 bridgehead atoms. The zero-order chi connectivity index (χ0) is 8.10. The molecule has 1 heterocycles. The van der Waals surface area contributed by atoms with E-state index in [1.54, 1.807) is 6.26 Å². The van der Waals surface area contributed by atoms with E-state index in [0.717, 1.165) is 24.3 Å². The molecule has 0 spiro atoms. The summed E-state index contributed by atoms with van der Waals surface area (Å²) in [6.45, 7) is 5.37. The third kappa shape index (κ3) is 2.05. The van der Waals surface area contributed by atoms with E-state index >= 15 is 0 Å². The molecule has 1 aromatic heterocycles. The van der Waals surface area contributed by atoms with E-state index in [1.165, 1.54) is 0 Å². The normalized spacial score (nSPS) is 10.4. The fourth-order valence-corrected chi connectivity index (χ4v) is 0.901. The molecule has 0 saturated heterocycles. The van der Waals surface area contributed by atoms with Gasteiger partial charge in [0.2, 0.25) is 0 Å². The van der Waals surface area contributed by atoms with E-state index in [9.17, 15) is 0 Å². The van der Waals surface area contributed by atoms with Gasteiger partial charge in [0.05, 0.1) is 12.3 Å². The van der Waals surface area contributed by atoms with Gasteiger partial charge < -0.3 is 9.26 Å². The predicted octanol–water partition coefficient (Wildman–Crippen LogP) is 1.77. The van der Waals surface area contributed by atoms with Crippen LogP contribution >= 0.6 is 0 Å². The van der Waals surface area contributed by atoms with Crippen LogP contribution in [0.1, 0.15) is 25.1 Å². The minimum Gasteiger partial charge on any atom is -0.377 e. The van der Waals surface area contributed by atoms with Gasteiger partial charge in [0.15, 0.2) is 0 Å². The summed E-state index contributed by atoms with van der Waals surface area (Å²) in [6, 6.07) is 0. The molecule has 0 N–H and O–H groups in total. The summed E-state index contributed by atoms with van der Waals surface area (Å²) in [5.41, 5.74) is 2.06. The van der Waals surface area contributed by atoms with Crippen molar-refractivity contribution in [2.24, 2.45) is 0 Å². The molecule has 0 unspecified atom stereocenters. The van der Waals surface area contributed by atoms with Gasteiger partial charge in [-0.2, -0.15) is 0 Å². The maximum Gasteiger partial charge on any atom is 0.129 e. The Hall–Kier alpha value is -0.830. The van der Waals surface area contributed by atoms with Crippen molar-refractivity contribution < 1.29 is 9.26 Å². The fraction of sp³-hybridized carbons (Fsp3) is 0.625. The highest BCUT2D eigenvalue weighted by Gasteiger charge is 2.03. The number of hydrogen-bond donors (Lipinski definition) is 0. The summed E-state index contributed by atoms with van der Waals surface area (Å²) < 4.78 is 10.0. The number of rotatable bonds is 4. The molecule has 0 aliphatic rings. The van der Waals surface area contributed by atoms with Crippen LogP contribution in [-0.2, 0) is 17.8 Å². The molecule has 1 rings (SSSR count). The Morgan fingerprint density at radius 1 is 1.55 bits per heavy atom. The van der Waals surface area contributed by atoms with Crippen LogP contribution in [0.15, 0.2) is 10.8 Å². The summed E-state index contributed by atoms with van der Waals surface area (Å²) in [6.07, 6.45) is 2.55. The fourth-order valence-electron chi connectivity index (χ4n) is 0.901. The summed E-state index contributed by atoms with van der Waals surface area (Å²) in [7, 11) is 0. The molecule has 11 heavy (non-hydrogen) atoms. The molecule has 0 aliphatic carbocycles. The van der Waals surface area contributed by atoms with E-state index < -0.39 is 0 Å². The maximum atomic E-state index is 5.22. The third-order valence-electron chi connectivity index (χ3n) is 1.53. The van der Waals surface area contributed by atoms with Crippen LogP contribution in [0, 0.1) is 0 Å². The third-order valence-corrected chi connectivity index (χ3v) is 1.53. The molecule has 0 radical (unpaired) electrons. The first-order valence-corrected chi connectivity index (χ1v) is 3.88. The Bertz CT molecular complexity index is 208. The second kappa shape index (κ2) is 4.13. The topological polar surface area (TPSA) is 35.3 Å². The van der Waals surface area contributed by atoms with Crippen molar-refractivity contribution in [3.8, 4) is 0 Å². The lowest BCUT2D eigenvalue weighted by atomic mass is 10.2. The van der Waals surface area contributed by atoms with E-state index in [-0.39, 0.29) is 0 Å². The average Bonchev–Trinajstić information content (AvgIpc) is 2.47. The highest BCUT2D eigenvalue weighted by molar-refractivity contribution is 5.12. The quantitative estimate of drug-likeness (QED) is 0.664. The maximum absolute atomic E-state index is 5.22. The van der Waals surface area contributed by atoms with E-state index in [2.05, 4.69) is 5.16 Å². The molecule has 0 saturated carbocycles. The Morgan fingerprint density at radius 3 is 3.00 bits per heavy atom. The lowest BCUT2D eigenvalue weighted by Crippen LogP contribution is -1.94. The van der Waals surface area contributed by atoms with Crippen LogP contribution in [0.2, 0.25) is 0 Å². The van der Waals surface area contributed by atoms with Crippen LogP contribution in [-0.4, -0.2) is 11.8 Å². The molecular formula is C8H13NO2. The number of aryl methyl sites for hydroxylation is 1. The molecule has 0 amide bonds. The number of ether oxygens (including phenoxy) is 1. The minimum atomic E-state index is 0.614. The van der Waals surface area contributed by atoms with Crippen molar-refractivity contribution in [1.82, 2.24) is 5.16 Å². The van der Waals surface area contributed by atoms with Gasteiger partial charge in [0.1, 0.15) is 6.26 Å². The van der Waals surface area contributed by atoms with Gasteiger partial charge in [-0.3, -0.25) is 0 Å². The second-order valence-electron chi connectivity index (χ2n) is 2.28. The zero-order valence-corrected chi connectivity index (χ0v) is 6.96. The number of aromatic nitrogens is 1. The lowest BCUT2D eigenvalue weighted by Gasteiger charge is -1.97. The molecule has 1 aromatic rings. The Kier molecular flexibility index (Phi) is 3.11. The predicted molar refractivity (Wildman–Crippen MR) is 41.2 cm³/mol. The van der Waals surface area contributed by atoms with E-state index in [4.69, 9.17) is 9.26 Å². The molecule has 3 nitrogen and oxygen atoms in total. The van der Waals surface area contributed by atoms with Crippen LogP contribution in [0.3, 0.4) is 0 Å². The first-order chi connectivity index (χ1) is 5.38. The first kappa shape index (κ1) is 8.27. The van der Waals surface area contributed by atoms with Gasteiger partial charge in [-0.15, -0.1) is 0 Å².